The molecule has 2 aromatic rings. The molecule has 0 fully saturated rings. The normalized spacial score (nSPS) is 10.9. The molecule has 0 amide bonds. The molecule has 0 radical (unpaired) electrons. The van der Waals surface area contributed by atoms with Gasteiger partial charge in [0, 0.05) is 11.0 Å². The van der Waals surface area contributed by atoms with Gasteiger partial charge in [-0.25, -0.2) is 14.0 Å². The van der Waals surface area contributed by atoms with E-state index < -0.39 is 17.2 Å². The molecule has 0 spiro atoms. The van der Waals surface area contributed by atoms with Gasteiger partial charge >= 0.3 is 11.4 Å². The van der Waals surface area contributed by atoms with Crippen LogP contribution in [-0.2, 0) is 6.54 Å². The largest absolute Gasteiger partial charge is 0.422 e. The lowest BCUT2D eigenvalue weighted by Crippen LogP contribution is -2.25. The van der Waals surface area contributed by atoms with Crippen LogP contribution < -0.4 is 11.4 Å². The number of rotatable bonds is 1. The van der Waals surface area contributed by atoms with Gasteiger partial charge in [0.2, 0.25) is 0 Å². The predicted octanol–water partition coefficient (Wildman–Crippen LogP) is 1.88. The summed E-state index contributed by atoms with van der Waals surface area (Å²) in [6.45, 7) is 1.90. The number of halogens is 2. The molecule has 1 aromatic carbocycles. The third kappa shape index (κ3) is 1.59. The second kappa shape index (κ2) is 3.86. The third-order valence-electron chi connectivity index (χ3n) is 2.23. The summed E-state index contributed by atoms with van der Waals surface area (Å²) in [6, 6.07) is 2.63. The van der Waals surface area contributed by atoms with E-state index in [1.54, 1.807) is 6.92 Å². The number of hydrogen-bond acceptors (Lipinski definition) is 3. The zero-order valence-electron chi connectivity index (χ0n) is 8.29. The van der Waals surface area contributed by atoms with Crippen LogP contribution in [0.15, 0.2) is 30.6 Å². The number of fused-ring (bicyclic) bond motifs is 1. The first-order chi connectivity index (χ1) is 7.54. The molecular weight excluding hydrogens is 281 g/mol. The van der Waals surface area contributed by atoms with Crippen LogP contribution >= 0.6 is 15.9 Å². The van der Waals surface area contributed by atoms with Gasteiger partial charge in [-0.3, -0.25) is 4.57 Å². The molecule has 1 heterocycles. The Hall–Kier alpha value is -1.43. The van der Waals surface area contributed by atoms with Crippen molar-refractivity contribution in [2.45, 2.75) is 13.5 Å². The Labute approximate surface area is 97.4 Å². The van der Waals surface area contributed by atoms with E-state index in [2.05, 4.69) is 20.3 Å². The Bertz CT molecular complexity index is 674. The van der Waals surface area contributed by atoms with Crippen LogP contribution in [0, 0.1) is 5.82 Å². The summed E-state index contributed by atoms with van der Waals surface area (Å²) in [5, 5.41) is 0.0494. The Morgan fingerprint density at radius 1 is 1.44 bits per heavy atom. The SMILES string of the molecule is CCn1c(=O)oc(=O)c2cc(Br)cc(F)c21. The van der Waals surface area contributed by atoms with Crippen molar-refractivity contribution in [2.75, 3.05) is 0 Å². The van der Waals surface area contributed by atoms with Crippen molar-refractivity contribution < 1.29 is 8.81 Å². The maximum atomic E-state index is 13.7. The monoisotopic (exact) mass is 287 g/mol. The smallest absolute Gasteiger partial charge is 0.372 e. The summed E-state index contributed by atoms with van der Waals surface area (Å²) in [6.07, 6.45) is 0. The lowest BCUT2D eigenvalue weighted by molar-refractivity contribution is 0.418. The van der Waals surface area contributed by atoms with Gasteiger partial charge < -0.3 is 4.42 Å². The lowest BCUT2D eigenvalue weighted by Gasteiger charge is -2.06. The van der Waals surface area contributed by atoms with E-state index in [1.807, 2.05) is 0 Å². The van der Waals surface area contributed by atoms with E-state index in [9.17, 15) is 14.0 Å². The van der Waals surface area contributed by atoms with Crippen LogP contribution in [0.25, 0.3) is 10.9 Å². The Kier molecular flexibility index (Phi) is 2.67. The fraction of sp³-hybridized carbons (Fsp3) is 0.200. The van der Waals surface area contributed by atoms with Gasteiger partial charge in [0.25, 0.3) is 0 Å². The fourth-order valence-corrected chi connectivity index (χ4v) is 1.99. The van der Waals surface area contributed by atoms with Crippen LogP contribution in [0.1, 0.15) is 6.92 Å². The molecule has 0 aliphatic heterocycles. The minimum Gasteiger partial charge on any atom is -0.372 e. The van der Waals surface area contributed by atoms with Crippen LogP contribution in [-0.4, -0.2) is 4.57 Å². The molecule has 0 saturated heterocycles. The van der Waals surface area contributed by atoms with E-state index in [0.29, 0.717) is 4.47 Å². The van der Waals surface area contributed by atoms with Crippen molar-refractivity contribution in [3.8, 4) is 0 Å². The number of aromatic nitrogens is 1. The van der Waals surface area contributed by atoms with Crippen molar-refractivity contribution in [3.05, 3.63) is 43.4 Å². The highest BCUT2D eigenvalue weighted by Gasteiger charge is 2.13. The van der Waals surface area contributed by atoms with E-state index in [1.165, 1.54) is 12.1 Å². The summed E-state index contributed by atoms with van der Waals surface area (Å²) in [4.78, 5) is 22.7. The van der Waals surface area contributed by atoms with Gasteiger partial charge in [0.15, 0.2) is 0 Å². The topological polar surface area (TPSA) is 52.2 Å². The molecule has 6 heteroatoms. The molecule has 0 N–H and O–H groups in total. The molecule has 0 aliphatic rings. The number of aryl methyl sites for hydroxylation is 1. The second-order valence-electron chi connectivity index (χ2n) is 3.18. The van der Waals surface area contributed by atoms with Crippen molar-refractivity contribution in [1.29, 1.82) is 0 Å². The maximum Gasteiger partial charge on any atom is 0.422 e. The fourth-order valence-electron chi connectivity index (χ4n) is 1.56. The van der Waals surface area contributed by atoms with Gasteiger partial charge in [0.1, 0.15) is 5.82 Å². The Balaban J connectivity index is 3.12. The Morgan fingerprint density at radius 3 is 2.75 bits per heavy atom. The number of benzene rings is 1. The van der Waals surface area contributed by atoms with E-state index in [4.69, 9.17) is 0 Å². The summed E-state index contributed by atoms with van der Waals surface area (Å²) in [7, 11) is 0. The van der Waals surface area contributed by atoms with Crippen LogP contribution in [0.4, 0.5) is 4.39 Å². The standard InChI is InChI=1S/C10H7BrFNO3/c1-2-13-8-6(9(14)16-10(13)15)3-5(11)4-7(8)12/h3-4H,2H2,1H3. The predicted molar refractivity (Wildman–Crippen MR) is 60.1 cm³/mol. The zero-order chi connectivity index (χ0) is 11.9. The van der Waals surface area contributed by atoms with Crippen LogP contribution in [0.2, 0.25) is 0 Å². The van der Waals surface area contributed by atoms with E-state index in [0.717, 1.165) is 4.57 Å². The minimum atomic E-state index is -0.846. The quantitative estimate of drug-likeness (QED) is 0.805. The number of nitrogens with zero attached hydrogens (tertiary/aromatic N) is 1. The molecule has 4 nitrogen and oxygen atoms in total. The average Bonchev–Trinajstić information content (AvgIpc) is 2.20. The lowest BCUT2D eigenvalue weighted by atomic mass is 10.2. The van der Waals surface area contributed by atoms with Crippen LogP contribution in [0.5, 0.6) is 0 Å². The first kappa shape index (κ1) is 11.1. The van der Waals surface area contributed by atoms with Crippen molar-refractivity contribution >= 4 is 26.8 Å². The highest BCUT2D eigenvalue weighted by molar-refractivity contribution is 9.10. The van der Waals surface area contributed by atoms with E-state index >= 15 is 0 Å². The molecule has 2 rings (SSSR count). The molecule has 16 heavy (non-hydrogen) atoms. The van der Waals surface area contributed by atoms with Crippen molar-refractivity contribution in [2.24, 2.45) is 0 Å². The highest BCUT2D eigenvalue weighted by atomic mass is 79.9. The van der Waals surface area contributed by atoms with Gasteiger partial charge in [-0.15, -0.1) is 0 Å². The summed E-state index contributed by atoms with van der Waals surface area (Å²) in [5.41, 5.74) is -0.850. The molecule has 0 unspecified atom stereocenters. The van der Waals surface area contributed by atoms with Gasteiger partial charge in [0.05, 0.1) is 10.9 Å². The Morgan fingerprint density at radius 2 is 2.12 bits per heavy atom. The van der Waals surface area contributed by atoms with E-state index in [-0.39, 0.29) is 17.4 Å². The first-order valence-corrected chi connectivity index (χ1v) is 5.36. The highest BCUT2D eigenvalue weighted by Crippen LogP contribution is 2.19. The molecule has 0 bridgehead atoms. The van der Waals surface area contributed by atoms with Crippen molar-refractivity contribution in [3.63, 3.8) is 0 Å². The molecule has 0 aliphatic carbocycles. The van der Waals surface area contributed by atoms with Gasteiger partial charge in [-0.1, -0.05) is 15.9 Å². The summed E-state index contributed by atoms with van der Waals surface area (Å²) in [5.74, 6) is -1.47. The summed E-state index contributed by atoms with van der Waals surface area (Å²) >= 11 is 3.07. The number of hydrogen-bond donors (Lipinski definition) is 0. The van der Waals surface area contributed by atoms with Gasteiger partial charge in [-0.05, 0) is 19.1 Å². The molecule has 84 valence electrons. The maximum absolute atomic E-state index is 13.7. The minimum absolute atomic E-state index is 0.0213. The molecular formula is C10H7BrFNO3. The summed E-state index contributed by atoms with van der Waals surface area (Å²) < 4.78 is 19.7. The molecule has 0 atom stereocenters. The average molecular weight is 288 g/mol. The molecule has 1 aromatic heterocycles. The third-order valence-corrected chi connectivity index (χ3v) is 2.69. The molecule has 0 saturated carbocycles. The zero-order valence-corrected chi connectivity index (χ0v) is 9.88. The first-order valence-electron chi connectivity index (χ1n) is 4.57. The van der Waals surface area contributed by atoms with Gasteiger partial charge in [-0.2, -0.15) is 0 Å². The van der Waals surface area contributed by atoms with Crippen molar-refractivity contribution in [1.82, 2.24) is 4.57 Å². The second-order valence-corrected chi connectivity index (χ2v) is 4.10. The van der Waals surface area contributed by atoms with Crippen LogP contribution in [0.3, 0.4) is 0 Å².